The quantitative estimate of drug-likeness (QED) is 0.334. The molecule has 156 valence electrons. The van der Waals surface area contributed by atoms with Gasteiger partial charge in [0.05, 0.1) is 30.7 Å². The second-order valence-corrected chi connectivity index (χ2v) is 7.26. The summed E-state index contributed by atoms with van der Waals surface area (Å²) in [7, 11) is 1.61. The van der Waals surface area contributed by atoms with Gasteiger partial charge in [0.1, 0.15) is 5.75 Å². The van der Waals surface area contributed by atoms with E-state index in [0.717, 1.165) is 17.1 Å². The Hall–Kier alpha value is -3.79. The average Bonchev–Trinajstić information content (AvgIpc) is 3.26. The molecule has 0 aliphatic heterocycles. The number of pyridine rings is 1. The van der Waals surface area contributed by atoms with E-state index in [-0.39, 0.29) is 11.6 Å². The number of hydrogen-bond acceptors (Lipinski definition) is 8. The van der Waals surface area contributed by atoms with Gasteiger partial charge in [-0.3, -0.25) is 9.78 Å². The summed E-state index contributed by atoms with van der Waals surface area (Å²) in [4.78, 5) is 25.6. The van der Waals surface area contributed by atoms with Gasteiger partial charge in [0.15, 0.2) is 10.9 Å². The van der Waals surface area contributed by atoms with E-state index in [2.05, 4.69) is 30.6 Å². The zero-order valence-electron chi connectivity index (χ0n) is 16.7. The molecule has 10 heteroatoms. The maximum atomic E-state index is 12.9. The van der Waals surface area contributed by atoms with Crippen LogP contribution in [0, 0.1) is 0 Å². The van der Waals surface area contributed by atoms with E-state index < -0.39 is 0 Å². The number of amides is 1. The van der Waals surface area contributed by atoms with E-state index in [1.807, 2.05) is 42.5 Å². The van der Waals surface area contributed by atoms with Gasteiger partial charge in [-0.05, 0) is 42.5 Å². The van der Waals surface area contributed by atoms with Crippen molar-refractivity contribution in [2.24, 2.45) is 0 Å². The highest BCUT2D eigenvalue weighted by atomic mass is 32.2. The third-order valence-electron chi connectivity index (χ3n) is 4.33. The Morgan fingerprint density at radius 3 is 2.52 bits per heavy atom. The van der Waals surface area contributed by atoms with Crippen molar-refractivity contribution < 1.29 is 9.53 Å². The second-order valence-electron chi connectivity index (χ2n) is 6.32. The number of thioether (sulfide) groups is 1. The molecule has 0 saturated carbocycles. The van der Waals surface area contributed by atoms with Crippen LogP contribution in [-0.2, 0) is 12.3 Å². The first-order valence-electron chi connectivity index (χ1n) is 9.41. The summed E-state index contributed by atoms with van der Waals surface area (Å²) >= 11 is 1.40. The van der Waals surface area contributed by atoms with Crippen molar-refractivity contribution in [3.63, 3.8) is 0 Å². The minimum Gasteiger partial charge on any atom is -0.497 e. The molecular formula is C21H19N7O2S. The molecule has 0 spiro atoms. The van der Waals surface area contributed by atoms with E-state index in [1.165, 1.54) is 11.8 Å². The van der Waals surface area contributed by atoms with E-state index in [1.54, 1.807) is 36.4 Å². The standard InChI is InChI=1S/C21H19N7O2S/c1-30-17-8-6-16(7-9-17)28-18(14-31-21-23-11-4-12-24-21)19(26-27-28)20(29)25-13-15-5-2-3-10-22-15/h2-12H,13-14H2,1H3,(H,25,29). The smallest absolute Gasteiger partial charge is 0.274 e. The molecular weight excluding hydrogens is 414 g/mol. The number of aromatic nitrogens is 6. The normalized spacial score (nSPS) is 10.6. The molecule has 0 aliphatic carbocycles. The first kappa shape index (κ1) is 20.5. The fraction of sp³-hybridized carbons (Fsp3) is 0.143. The van der Waals surface area contributed by atoms with Gasteiger partial charge in [-0.1, -0.05) is 23.0 Å². The van der Waals surface area contributed by atoms with Crippen molar-refractivity contribution >= 4 is 17.7 Å². The lowest BCUT2D eigenvalue weighted by atomic mass is 10.2. The molecule has 0 unspecified atom stereocenters. The molecule has 31 heavy (non-hydrogen) atoms. The van der Waals surface area contributed by atoms with Crippen LogP contribution in [0.3, 0.4) is 0 Å². The van der Waals surface area contributed by atoms with Crippen LogP contribution in [0.2, 0.25) is 0 Å². The molecule has 1 amide bonds. The number of nitrogens with one attached hydrogen (secondary N) is 1. The fourth-order valence-electron chi connectivity index (χ4n) is 2.79. The predicted octanol–water partition coefficient (Wildman–Crippen LogP) is 2.68. The molecule has 1 N–H and O–H groups in total. The van der Waals surface area contributed by atoms with Crippen LogP contribution in [0.15, 0.2) is 72.3 Å². The zero-order chi connectivity index (χ0) is 21.5. The number of hydrogen-bond donors (Lipinski definition) is 1. The van der Waals surface area contributed by atoms with Crippen molar-refractivity contribution in [3.05, 3.63) is 84.2 Å². The monoisotopic (exact) mass is 433 g/mol. The number of methoxy groups -OCH3 is 1. The van der Waals surface area contributed by atoms with Gasteiger partial charge in [-0.25, -0.2) is 14.6 Å². The highest BCUT2D eigenvalue weighted by Crippen LogP contribution is 2.23. The number of ether oxygens (including phenoxy) is 1. The molecule has 9 nitrogen and oxygen atoms in total. The Morgan fingerprint density at radius 1 is 1.03 bits per heavy atom. The molecule has 0 fully saturated rings. The van der Waals surface area contributed by atoms with Crippen molar-refractivity contribution in [2.45, 2.75) is 17.5 Å². The van der Waals surface area contributed by atoms with Crippen LogP contribution in [0.5, 0.6) is 5.75 Å². The van der Waals surface area contributed by atoms with E-state index >= 15 is 0 Å². The van der Waals surface area contributed by atoms with E-state index in [9.17, 15) is 4.79 Å². The van der Waals surface area contributed by atoms with Crippen molar-refractivity contribution in [1.29, 1.82) is 0 Å². The Kier molecular flexibility index (Phi) is 6.48. The molecule has 4 rings (SSSR count). The van der Waals surface area contributed by atoms with Gasteiger partial charge in [-0.15, -0.1) is 5.10 Å². The molecule has 3 heterocycles. The van der Waals surface area contributed by atoms with Crippen molar-refractivity contribution in [2.75, 3.05) is 7.11 Å². The molecule has 0 bridgehead atoms. The maximum Gasteiger partial charge on any atom is 0.274 e. The first-order chi connectivity index (χ1) is 15.2. The molecule has 0 aliphatic rings. The molecule has 0 radical (unpaired) electrons. The number of nitrogens with zero attached hydrogens (tertiary/aromatic N) is 6. The van der Waals surface area contributed by atoms with Gasteiger partial charge in [0.2, 0.25) is 0 Å². The van der Waals surface area contributed by atoms with E-state index in [0.29, 0.717) is 23.1 Å². The van der Waals surface area contributed by atoms with Crippen LogP contribution in [0.25, 0.3) is 5.69 Å². The van der Waals surface area contributed by atoms with Gasteiger partial charge < -0.3 is 10.1 Å². The third-order valence-corrected chi connectivity index (χ3v) is 5.22. The Balaban J connectivity index is 1.60. The highest BCUT2D eigenvalue weighted by molar-refractivity contribution is 7.98. The third kappa shape index (κ3) is 5.04. The van der Waals surface area contributed by atoms with Gasteiger partial charge >= 0.3 is 0 Å². The summed E-state index contributed by atoms with van der Waals surface area (Å²) in [6.45, 7) is 0.295. The van der Waals surface area contributed by atoms with Crippen LogP contribution in [-0.4, -0.2) is 43.0 Å². The summed E-state index contributed by atoms with van der Waals surface area (Å²) in [6, 6.07) is 14.7. The number of benzene rings is 1. The van der Waals surface area contributed by atoms with Crippen LogP contribution < -0.4 is 10.1 Å². The maximum absolute atomic E-state index is 12.9. The summed E-state index contributed by atoms with van der Waals surface area (Å²) in [6.07, 6.45) is 5.03. The zero-order valence-corrected chi connectivity index (χ0v) is 17.5. The summed E-state index contributed by atoms with van der Waals surface area (Å²) in [5.74, 6) is 0.816. The summed E-state index contributed by atoms with van der Waals surface area (Å²) < 4.78 is 6.87. The number of rotatable bonds is 8. The van der Waals surface area contributed by atoms with Gasteiger partial charge in [0.25, 0.3) is 5.91 Å². The SMILES string of the molecule is COc1ccc(-n2nnc(C(=O)NCc3ccccn3)c2CSc2ncccn2)cc1. The van der Waals surface area contributed by atoms with Crippen LogP contribution in [0.4, 0.5) is 0 Å². The molecule has 3 aromatic heterocycles. The van der Waals surface area contributed by atoms with E-state index in [4.69, 9.17) is 4.74 Å². The van der Waals surface area contributed by atoms with Crippen LogP contribution in [0.1, 0.15) is 21.9 Å². The largest absolute Gasteiger partial charge is 0.497 e. The fourth-order valence-corrected chi connectivity index (χ4v) is 3.58. The first-order valence-corrected chi connectivity index (χ1v) is 10.4. The minimum absolute atomic E-state index is 0.246. The summed E-state index contributed by atoms with van der Waals surface area (Å²) in [5, 5.41) is 11.8. The minimum atomic E-state index is -0.324. The second kappa shape index (κ2) is 9.81. The molecule has 0 atom stereocenters. The molecule has 1 aromatic carbocycles. The van der Waals surface area contributed by atoms with Gasteiger partial charge in [-0.2, -0.15) is 0 Å². The lowest BCUT2D eigenvalue weighted by Crippen LogP contribution is -2.25. The number of carbonyl (C=O) groups is 1. The Bertz CT molecular complexity index is 1140. The molecule has 4 aromatic rings. The lowest BCUT2D eigenvalue weighted by Gasteiger charge is -2.09. The molecule has 0 saturated heterocycles. The number of carbonyl (C=O) groups excluding carboxylic acids is 1. The average molecular weight is 433 g/mol. The highest BCUT2D eigenvalue weighted by Gasteiger charge is 2.21. The summed E-state index contributed by atoms with van der Waals surface area (Å²) in [5.41, 5.74) is 2.41. The van der Waals surface area contributed by atoms with Gasteiger partial charge in [0, 0.05) is 24.3 Å². The van der Waals surface area contributed by atoms with Crippen LogP contribution >= 0.6 is 11.8 Å². The lowest BCUT2D eigenvalue weighted by molar-refractivity contribution is 0.0944. The Morgan fingerprint density at radius 2 is 1.81 bits per heavy atom. The van der Waals surface area contributed by atoms with Crippen molar-refractivity contribution in [1.82, 2.24) is 35.3 Å². The predicted molar refractivity (Wildman–Crippen MR) is 115 cm³/mol. The Labute approximate surface area is 182 Å². The van der Waals surface area contributed by atoms with Crippen molar-refractivity contribution in [3.8, 4) is 11.4 Å². The topological polar surface area (TPSA) is 108 Å².